The molecule has 0 aromatic carbocycles. The summed E-state index contributed by atoms with van der Waals surface area (Å²) < 4.78 is 33.7. The van der Waals surface area contributed by atoms with Gasteiger partial charge < -0.3 is 69.3 Å². The van der Waals surface area contributed by atoms with Crippen LogP contribution in [-0.2, 0) is 42.8 Å². The van der Waals surface area contributed by atoms with E-state index in [2.05, 4.69) is 6.92 Å². The Morgan fingerprint density at radius 3 is 1.80 bits per heavy atom. The van der Waals surface area contributed by atoms with Crippen molar-refractivity contribution in [2.75, 3.05) is 19.8 Å². The number of esters is 2. The molecule has 0 aliphatic carbocycles. The molecule has 17 nitrogen and oxygen atoms in total. The molecule has 0 amide bonds. The number of carboxylic acid groups (broad SMARTS) is 1. The molecular formula is C38H68O17. The predicted octanol–water partition coefficient (Wildman–Crippen LogP) is 1.60. The van der Waals surface area contributed by atoms with Crippen LogP contribution in [0.1, 0.15) is 129 Å². The maximum atomic E-state index is 12.7. The van der Waals surface area contributed by atoms with Crippen molar-refractivity contribution in [1.82, 2.24) is 0 Å². The highest BCUT2D eigenvalue weighted by atomic mass is 16.8. The van der Waals surface area contributed by atoms with Crippen molar-refractivity contribution in [2.45, 2.75) is 203 Å². The molecule has 8 N–H and O–H groups in total. The number of aliphatic carboxylic acids is 1. The average molecular weight is 797 g/mol. The fourth-order valence-corrected chi connectivity index (χ4v) is 6.67. The van der Waals surface area contributed by atoms with Crippen LogP contribution in [0.15, 0.2) is 0 Å². The Bertz CT molecular complexity index is 1060. The first-order valence-electron chi connectivity index (χ1n) is 20.1. The summed E-state index contributed by atoms with van der Waals surface area (Å²) in [6.07, 6.45) is -3.81. The van der Waals surface area contributed by atoms with E-state index in [1.165, 1.54) is 0 Å². The Morgan fingerprint density at radius 2 is 1.22 bits per heavy atom. The lowest BCUT2D eigenvalue weighted by Gasteiger charge is -2.46. The third-order valence-electron chi connectivity index (χ3n) is 9.90. The molecule has 322 valence electrons. The predicted molar refractivity (Wildman–Crippen MR) is 194 cm³/mol. The van der Waals surface area contributed by atoms with Gasteiger partial charge in [-0.05, 0) is 19.3 Å². The first-order chi connectivity index (χ1) is 26.3. The Kier molecular flexibility index (Phi) is 24.6. The third-order valence-corrected chi connectivity index (χ3v) is 9.90. The van der Waals surface area contributed by atoms with E-state index in [9.17, 15) is 50.1 Å². The quantitative estimate of drug-likeness (QED) is 0.0395. The van der Waals surface area contributed by atoms with Gasteiger partial charge in [-0.25, -0.2) is 0 Å². The summed E-state index contributed by atoms with van der Waals surface area (Å²) in [6.45, 7) is 1.79. The SMILES string of the molecule is CCCCCCCC(=O)OC1C(OC2C(COC(C)=O)OC(OCC(O)CCCCCCCCCCCC(O)CC(=O)O)C(O)C2O)OC(CO)C(O)C1O. The minimum Gasteiger partial charge on any atom is -0.481 e. The Balaban J connectivity index is 1.87. The fourth-order valence-electron chi connectivity index (χ4n) is 6.67. The lowest BCUT2D eigenvalue weighted by molar-refractivity contribution is -0.360. The molecule has 12 atom stereocenters. The van der Waals surface area contributed by atoms with Gasteiger partial charge in [0, 0.05) is 13.3 Å². The fraction of sp³-hybridized carbons (Fsp3) is 0.921. The number of carbonyl (C=O) groups excluding carboxylic acids is 2. The first kappa shape index (κ1) is 49.1. The van der Waals surface area contributed by atoms with Gasteiger partial charge >= 0.3 is 17.9 Å². The van der Waals surface area contributed by atoms with Crippen molar-refractivity contribution >= 4 is 17.9 Å². The van der Waals surface area contributed by atoms with Gasteiger partial charge in [-0.15, -0.1) is 0 Å². The van der Waals surface area contributed by atoms with Gasteiger partial charge in [0.2, 0.25) is 0 Å². The number of hydrogen-bond donors (Lipinski definition) is 8. The largest absolute Gasteiger partial charge is 0.481 e. The van der Waals surface area contributed by atoms with Crippen molar-refractivity contribution < 1.29 is 83.7 Å². The summed E-state index contributed by atoms with van der Waals surface area (Å²) in [6, 6.07) is 0. The number of aliphatic hydroxyl groups is 7. The molecule has 2 fully saturated rings. The monoisotopic (exact) mass is 796 g/mol. The Labute approximate surface area is 324 Å². The second kappa shape index (κ2) is 27.6. The topological polar surface area (TPSA) is 268 Å². The number of carboxylic acids is 1. The lowest BCUT2D eigenvalue weighted by atomic mass is 9.96. The maximum Gasteiger partial charge on any atom is 0.306 e. The van der Waals surface area contributed by atoms with Gasteiger partial charge in [0.05, 0.1) is 31.8 Å². The first-order valence-corrected chi connectivity index (χ1v) is 20.1. The van der Waals surface area contributed by atoms with Crippen molar-refractivity contribution in [2.24, 2.45) is 0 Å². The number of aliphatic hydroxyl groups excluding tert-OH is 7. The Hall–Kier alpha value is -2.03. The van der Waals surface area contributed by atoms with E-state index in [4.69, 9.17) is 33.5 Å². The summed E-state index contributed by atoms with van der Waals surface area (Å²) in [5.74, 6) is -2.36. The van der Waals surface area contributed by atoms with E-state index in [-0.39, 0.29) is 19.4 Å². The highest BCUT2D eigenvalue weighted by Crippen LogP contribution is 2.31. The number of unbranched alkanes of at least 4 members (excludes halogenated alkanes) is 12. The van der Waals surface area contributed by atoms with E-state index in [1.807, 2.05) is 0 Å². The molecule has 0 spiro atoms. The van der Waals surface area contributed by atoms with Crippen LogP contribution in [0.25, 0.3) is 0 Å². The molecule has 2 aliphatic rings. The lowest BCUT2D eigenvalue weighted by Crippen LogP contribution is -2.65. The van der Waals surface area contributed by atoms with Gasteiger partial charge in [0.25, 0.3) is 0 Å². The second-order valence-corrected chi connectivity index (χ2v) is 14.8. The van der Waals surface area contributed by atoms with Crippen LogP contribution in [0.3, 0.4) is 0 Å². The molecule has 0 aromatic rings. The van der Waals surface area contributed by atoms with Crippen LogP contribution in [0.2, 0.25) is 0 Å². The number of carbonyl (C=O) groups is 3. The minimum absolute atomic E-state index is 0.0292. The molecule has 55 heavy (non-hydrogen) atoms. The van der Waals surface area contributed by atoms with Gasteiger partial charge in [-0.2, -0.15) is 0 Å². The van der Waals surface area contributed by atoms with E-state index in [0.717, 1.165) is 90.4 Å². The van der Waals surface area contributed by atoms with E-state index >= 15 is 0 Å². The van der Waals surface area contributed by atoms with Crippen LogP contribution < -0.4 is 0 Å². The second-order valence-electron chi connectivity index (χ2n) is 14.8. The van der Waals surface area contributed by atoms with Crippen molar-refractivity contribution in [3.05, 3.63) is 0 Å². The van der Waals surface area contributed by atoms with Gasteiger partial charge in [-0.3, -0.25) is 14.4 Å². The van der Waals surface area contributed by atoms with E-state index in [0.29, 0.717) is 19.3 Å². The highest BCUT2D eigenvalue weighted by molar-refractivity contribution is 5.69. The standard InChI is InChI=1S/C38H68O17/c1-3-4-5-11-16-19-30(45)54-36-32(47)31(46)27(21-39)52-38(36)55-35-28(23-50-24(2)40)53-37(34(49)33(35)48)51-22-26(42)18-15-13-10-8-6-7-9-12-14-17-25(41)20-29(43)44/h25-28,31-39,41-42,46-49H,3-23H2,1-2H3,(H,43,44). The summed E-state index contributed by atoms with van der Waals surface area (Å²) in [4.78, 5) is 35.0. The van der Waals surface area contributed by atoms with Gasteiger partial charge in [0.15, 0.2) is 18.7 Å². The zero-order valence-electron chi connectivity index (χ0n) is 32.5. The van der Waals surface area contributed by atoms with Crippen LogP contribution in [0, 0.1) is 0 Å². The van der Waals surface area contributed by atoms with Crippen LogP contribution in [0.4, 0.5) is 0 Å². The highest BCUT2D eigenvalue weighted by Gasteiger charge is 2.52. The van der Waals surface area contributed by atoms with E-state index in [1.54, 1.807) is 0 Å². The number of hydrogen-bond acceptors (Lipinski definition) is 16. The smallest absolute Gasteiger partial charge is 0.306 e. The zero-order chi connectivity index (χ0) is 40.8. The van der Waals surface area contributed by atoms with Crippen LogP contribution in [-0.4, -0.2) is 152 Å². The molecular weight excluding hydrogens is 728 g/mol. The molecule has 17 heteroatoms. The molecule has 2 saturated heterocycles. The normalized spacial score (nSPS) is 29.4. The van der Waals surface area contributed by atoms with Crippen LogP contribution >= 0.6 is 0 Å². The molecule has 12 unspecified atom stereocenters. The van der Waals surface area contributed by atoms with Crippen molar-refractivity contribution in [3.63, 3.8) is 0 Å². The average Bonchev–Trinajstić information content (AvgIpc) is 3.13. The van der Waals surface area contributed by atoms with Crippen molar-refractivity contribution in [1.29, 1.82) is 0 Å². The molecule has 2 rings (SSSR count). The summed E-state index contributed by atoms with van der Waals surface area (Å²) >= 11 is 0. The third kappa shape index (κ3) is 18.9. The van der Waals surface area contributed by atoms with Crippen LogP contribution in [0.5, 0.6) is 0 Å². The summed E-state index contributed by atoms with van der Waals surface area (Å²) in [7, 11) is 0. The number of rotatable bonds is 29. The minimum atomic E-state index is -1.75. The zero-order valence-corrected chi connectivity index (χ0v) is 32.5. The van der Waals surface area contributed by atoms with Gasteiger partial charge in [0.1, 0.15) is 49.3 Å². The molecule has 0 bridgehead atoms. The van der Waals surface area contributed by atoms with Crippen molar-refractivity contribution in [3.8, 4) is 0 Å². The molecule has 0 saturated carbocycles. The molecule has 2 aliphatic heterocycles. The Morgan fingerprint density at radius 1 is 0.673 bits per heavy atom. The molecule has 0 aromatic heterocycles. The molecule has 0 radical (unpaired) electrons. The van der Waals surface area contributed by atoms with Gasteiger partial charge in [-0.1, -0.05) is 90.4 Å². The van der Waals surface area contributed by atoms with E-state index < -0.39 is 105 Å². The summed E-state index contributed by atoms with van der Waals surface area (Å²) in [5, 5.41) is 82.2. The maximum absolute atomic E-state index is 12.7. The summed E-state index contributed by atoms with van der Waals surface area (Å²) in [5.41, 5.74) is 0. The number of ether oxygens (including phenoxy) is 6. The molecule has 2 heterocycles.